The zero-order valence-corrected chi connectivity index (χ0v) is 13.4. The Morgan fingerprint density at radius 3 is 2.64 bits per heavy atom. The van der Waals surface area contributed by atoms with Gasteiger partial charge in [-0.25, -0.2) is 9.78 Å². The third-order valence-electron chi connectivity index (χ3n) is 3.52. The Morgan fingerprint density at radius 1 is 1.23 bits per heavy atom. The van der Waals surface area contributed by atoms with Crippen LogP contribution in [-0.2, 0) is 11.3 Å². The monoisotopic (exact) mass is 310 g/mol. The molecule has 2 rings (SSSR count). The van der Waals surface area contributed by atoms with Crippen LogP contribution in [0.2, 0.25) is 0 Å². The topological polar surface area (TPSA) is 84.3 Å². The van der Waals surface area contributed by atoms with E-state index >= 15 is 0 Å². The highest BCUT2D eigenvalue weighted by atomic mass is 16.5. The molecule has 2 amide bonds. The van der Waals surface area contributed by atoms with Crippen molar-refractivity contribution in [2.24, 2.45) is 0 Å². The van der Waals surface area contributed by atoms with Gasteiger partial charge in [-0.3, -0.25) is 9.58 Å². The van der Waals surface area contributed by atoms with Crippen LogP contribution < -0.4 is 10.6 Å². The molecule has 1 aliphatic rings. The van der Waals surface area contributed by atoms with Gasteiger partial charge >= 0.3 is 6.03 Å². The van der Waals surface area contributed by atoms with E-state index in [4.69, 9.17) is 4.74 Å². The highest BCUT2D eigenvalue weighted by Gasteiger charge is 2.21. The van der Waals surface area contributed by atoms with E-state index in [1.165, 1.54) is 6.33 Å². The molecule has 0 aromatic carbocycles. The number of nitrogens with zero attached hydrogens (tertiary/aromatic N) is 4. The molecule has 0 unspecified atom stereocenters. The fraction of sp³-hybridized carbons (Fsp3) is 0.786. The largest absolute Gasteiger partial charge is 0.373 e. The molecule has 0 saturated carbocycles. The number of carbonyl (C=O) groups is 1. The molecule has 1 aromatic heterocycles. The molecule has 2 N–H and O–H groups in total. The van der Waals surface area contributed by atoms with Crippen LogP contribution in [0.1, 0.15) is 20.3 Å². The molecule has 1 saturated heterocycles. The van der Waals surface area contributed by atoms with E-state index in [2.05, 4.69) is 39.5 Å². The maximum absolute atomic E-state index is 11.7. The number of carbonyl (C=O) groups excluding carboxylic acids is 1. The smallest absolute Gasteiger partial charge is 0.314 e. The van der Waals surface area contributed by atoms with Gasteiger partial charge in [-0.05, 0) is 20.3 Å². The van der Waals surface area contributed by atoms with Crippen molar-refractivity contribution in [1.82, 2.24) is 30.3 Å². The van der Waals surface area contributed by atoms with E-state index in [0.29, 0.717) is 13.1 Å². The number of urea groups is 1. The Bertz CT molecular complexity index is 429. The summed E-state index contributed by atoms with van der Waals surface area (Å²) in [5.74, 6) is 0. The van der Waals surface area contributed by atoms with E-state index in [1.54, 1.807) is 11.0 Å². The van der Waals surface area contributed by atoms with Crippen molar-refractivity contribution in [3.05, 3.63) is 12.7 Å². The van der Waals surface area contributed by atoms with Gasteiger partial charge in [-0.15, -0.1) is 0 Å². The van der Waals surface area contributed by atoms with Crippen molar-refractivity contribution < 1.29 is 9.53 Å². The van der Waals surface area contributed by atoms with Crippen molar-refractivity contribution >= 4 is 6.03 Å². The van der Waals surface area contributed by atoms with Gasteiger partial charge in [0.2, 0.25) is 0 Å². The second-order valence-corrected chi connectivity index (χ2v) is 5.71. The first kappa shape index (κ1) is 16.7. The maximum Gasteiger partial charge on any atom is 0.314 e. The molecule has 8 heteroatoms. The zero-order chi connectivity index (χ0) is 15.8. The Balaban J connectivity index is 1.50. The van der Waals surface area contributed by atoms with Gasteiger partial charge in [0.25, 0.3) is 0 Å². The van der Waals surface area contributed by atoms with Crippen molar-refractivity contribution in [2.45, 2.75) is 39.0 Å². The number of ether oxygens (including phenoxy) is 1. The summed E-state index contributed by atoms with van der Waals surface area (Å²) in [6.45, 7) is 8.88. The van der Waals surface area contributed by atoms with Crippen LogP contribution in [0.4, 0.5) is 4.79 Å². The summed E-state index contributed by atoms with van der Waals surface area (Å²) in [5.41, 5.74) is 0. The minimum Gasteiger partial charge on any atom is -0.373 e. The molecule has 2 heterocycles. The molecule has 0 aliphatic carbocycles. The number of morpholine rings is 1. The quantitative estimate of drug-likeness (QED) is 0.697. The first-order valence-corrected chi connectivity index (χ1v) is 7.85. The van der Waals surface area contributed by atoms with Crippen LogP contribution in [0.25, 0.3) is 0 Å². The van der Waals surface area contributed by atoms with Gasteiger partial charge < -0.3 is 15.4 Å². The van der Waals surface area contributed by atoms with Crippen molar-refractivity contribution in [3.63, 3.8) is 0 Å². The predicted molar refractivity (Wildman–Crippen MR) is 82.5 cm³/mol. The van der Waals surface area contributed by atoms with E-state index in [1.807, 2.05) is 0 Å². The van der Waals surface area contributed by atoms with Crippen molar-refractivity contribution in [1.29, 1.82) is 0 Å². The summed E-state index contributed by atoms with van der Waals surface area (Å²) in [4.78, 5) is 17.9. The highest BCUT2D eigenvalue weighted by Crippen LogP contribution is 2.09. The zero-order valence-electron chi connectivity index (χ0n) is 13.4. The van der Waals surface area contributed by atoms with E-state index in [9.17, 15) is 4.79 Å². The second-order valence-electron chi connectivity index (χ2n) is 5.71. The third-order valence-corrected chi connectivity index (χ3v) is 3.52. The highest BCUT2D eigenvalue weighted by molar-refractivity contribution is 5.73. The number of aromatic nitrogens is 3. The molecule has 124 valence electrons. The standard InChI is InChI=1S/C14H26N6O2/c1-12-8-19(9-13(2)22-12)7-5-17-14(21)16-4-3-6-20-11-15-10-18-20/h10-13H,3-9H2,1-2H3,(H2,16,17,21)/t12-,13-/m1/s1. The van der Waals surface area contributed by atoms with Gasteiger partial charge in [-0.2, -0.15) is 5.10 Å². The number of rotatable bonds is 7. The minimum absolute atomic E-state index is 0.118. The van der Waals surface area contributed by atoms with E-state index in [0.717, 1.165) is 32.6 Å². The number of hydrogen-bond acceptors (Lipinski definition) is 5. The lowest BCUT2D eigenvalue weighted by Crippen LogP contribution is -2.48. The van der Waals surface area contributed by atoms with E-state index in [-0.39, 0.29) is 18.2 Å². The fourth-order valence-corrected chi connectivity index (χ4v) is 2.65. The van der Waals surface area contributed by atoms with Gasteiger partial charge in [0.05, 0.1) is 12.2 Å². The maximum atomic E-state index is 11.7. The first-order chi connectivity index (χ1) is 10.6. The molecule has 1 aromatic rings. The van der Waals surface area contributed by atoms with Crippen LogP contribution in [0.15, 0.2) is 12.7 Å². The summed E-state index contributed by atoms with van der Waals surface area (Å²) >= 11 is 0. The average molecular weight is 310 g/mol. The third kappa shape index (κ3) is 5.98. The minimum atomic E-state index is -0.118. The molecule has 22 heavy (non-hydrogen) atoms. The van der Waals surface area contributed by atoms with Crippen molar-refractivity contribution in [2.75, 3.05) is 32.7 Å². The normalized spacial score (nSPS) is 22.5. The Morgan fingerprint density at radius 2 is 1.95 bits per heavy atom. The molecule has 1 fully saturated rings. The van der Waals surface area contributed by atoms with Gasteiger partial charge in [0.15, 0.2) is 0 Å². The summed E-state index contributed by atoms with van der Waals surface area (Å²) < 4.78 is 7.44. The van der Waals surface area contributed by atoms with Gasteiger partial charge in [-0.1, -0.05) is 0 Å². The predicted octanol–water partition coefficient (Wildman–Crippen LogP) is 0.0766. The summed E-state index contributed by atoms with van der Waals surface area (Å²) in [6.07, 6.45) is 4.52. The van der Waals surface area contributed by atoms with Crippen LogP contribution in [0.5, 0.6) is 0 Å². The van der Waals surface area contributed by atoms with E-state index < -0.39 is 0 Å². The lowest BCUT2D eigenvalue weighted by atomic mass is 10.2. The molecule has 1 aliphatic heterocycles. The van der Waals surface area contributed by atoms with Crippen molar-refractivity contribution in [3.8, 4) is 0 Å². The lowest BCUT2D eigenvalue weighted by Gasteiger charge is -2.35. The van der Waals surface area contributed by atoms with Crippen LogP contribution in [0.3, 0.4) is 0 Å². The molecular formula is C14H26N6O2. The number of hydrogen-bond donors (Lipinski definition) is 2. The summed E-state index contributed by atoms with van der Waals surface area (Å²) in [6, 6.07) is -0.118. The molecule has 2 atom stereocenters. The number of amides is 2. The van der Waals surface area contributed by atoms with Gasteiger partial charge in [0, 0.05) is 39.3 Å². The molecule has 8 nitrogen and oxygen atoms in total. The molecule has 0 spiro atoms. The Kier molecular flexibility index (Phi) is 6.60. The summed E-state index contributed by atoms with van der Waals surface area (Å²) in [7, 11) is 0. The van der Waals surface area contributed by atoms with Gasteiger partial charge in [0.1, 0.15) is 12.7 Å². The van der Waals surface area contributed by atoms with Crippen LogP contribution in [0, 0.1) is 0 Å². The SMILES string of the molecule is C[C@@H]1CN(CCNC(=O)NCCCn2cncn2)C[C@@H](C)O1. The average Bonchev–Trinajstić information content (AvgIpc) is 2.96. The Hall–Kier alpha value is -1.67. The molecule has 0 radical (unpaired) electrons. The fourth-order valence-electron chi connectivity index (χ4n) is 2.65. The lowest BCUT2D eigenvalue weighted by molar-refractivity contribution is -0.0672. The number of nitrogens with one attached hydrogen (secondary N) is 2. The van der Waals surface area contributed by atoms with Crippen LogP contribution in [-0.4, -0.2) is 70.6 Å². The van der Waals surface area contributed by atoms with Crippen LogP contribution >= 0.6 is 0 Å². The Labute approximate surface area is 131 Å². The number of aryl methyl sites for hydroxylation is 1. The molecular weight excluding hydrogens is 284 g/mol. The summed E-state index contributed by atoms with van der Waals surface area (Å²) in [5, 5.41) is 9.74. The second kappa shape index (κ2) is 8.70. The molecule has 0 bridgehead atoms. The first-order valence-electron chi connectivity index (χ1n) is 7.85.